The number of nitrogens with zero attached hydrogens (tertiary/aromatic N) is 4. The minimum absolute atomic E-state index is 0.245. The predicted molar refractivity (Wildman–Crippen MR) is 192 cm³/mol. The molecule has 4 aliphatic carbocycles. The molecule has 0 radical (unpaired) electrons. The summed E-state index contributed by atoms with van der Waals surface area (Å²) in [5.41, 5.74) is 9.80. The fourth-order valence-electron chi connectivity index (χ4n) is 9.38. The van der Waals surface area contributed by atoms with Crippen LogP contribution in [0.15, 0.2) is 127 Å². The highest BCUT2D eigenvalue weighted by Gasteiger charge is 2.51. The molecule has 4 saturated carbocycles. The highest BCUT2D eigenvalue weighted by molar-refractivity contribution is 5.91. The maximum atomic E-state index is 9.48. The van der Waals surface area contributed by atoms with Crippen LogP contribution in [-0.2, 0) is 5.41 Å². The molecule has 4 bridgehead atoms. The van der Waals surface area contributed by atoms with Crippen molar-refractivity contribution in [3.63, 3.8) is 0 Å². The normalized spacial score (nSPS) is 22.4. The number of benzene rings is 5. The van der Waals surface area contributed by atoms with Crippen molar-refractivity contribution in [2.24, 2.45) is 17.8 Å². The Bertz CT molecular complexity index is 2070. The Hall–Kier alpha value is -5.40. The van der Waals surface area contributed by atoms with Crippen LogP contribution in [0.25, 0.3) is 56.4 Å². The predicted octanol–water partition coefficient (Wildman–Crippen LogP) is 10.5. The van der Waals surface area contributed by atoms with E-state index in [-0.39, 0.29) is 5.41 Å². The van der Waals surface area contributed by atoms with Gasteiger partial charge >= 0.3 is 0 Å². The van der Waals surface area contributed by atoms with Crippen LogP contribution in [-0.4, -0.2) is 15.0 Å². The lowest BCUT2D eigenvalue weighted by Crippen LogP contribution is -2.48. The Balaban J connectivity index is 1.27. The van der Waals surface area contributed by atoms with Gasteiger partial charge in [0.25, 0.3) is 0 Å². The number of hydrogen-bond donors (Lipinski definition) is 0. The van der Waals surface area contributed by atoms with Gasteiger partial charge in [0.15, 0.2) is 17.5 Å². The van der Waals surface area contributed by atoms with Crippen molar-refractivity contribution in [1.82, 2.24) is 15.0 Å². The lowest BCUT2D eigenvalue weighted by atomic mass is 9.48. The fourth-order valence-corrected chi connectivity index (χ4v) is 9.38. The molecule has 0 atom stereocenters. The lowest BCUT2D eigenvalue weighted by Gasteiger charge is -2.57. The van der Waals surface area contributed by atoms with E-state index < -0.39 is 0 Å². The minimum atomic E-state index is 0.245. The van der Waals surface area contributed by atoms with E-state index in [1.54, 1.807) is 0 Å². The highest BCUT2D eigenvalue weighted by atomic mass is 15.0. The van der Waals surface area contributed by atoms with Crippen LogP contribution in [0.5, 0.6) is 0 Å². The summed E-state index contributed by atoms with van der Waals surface area (Å²) in [5, 5.41) is 9.48. The van der Waals surface area contributed by atoms with Gasteiger partial charge in [-0.25, -0.2) is 15.0 Å². The Morgan fingerprint density at radius 2 is 1.00 bits per heavy atom. The molecule has 0 saturated heterocycles. The monoisotopic (exact) mass is 620 g/mol. The van der Waals surface area contributed by atoms with Crippen LogP contribution in [0.4, 0.5) is 0 Å². The van der Waals surface area contributed by atoms with Crippen molar-refractivity contribution in [3.8, 4) is 62.5 Å². The van der Waals surface area contributed by atoms with Gasteiger partial charge < -0.3 is 0 Å². The second-order valence-electron chi connectivity index (χ2n) is 14.2. The molecule has 0 spiro atoms. The maximum Gasteiger partial charge on any atom is 0.164 e. The summed E-state index contributed by atoms with van der Waals surface area (Å²) >= 11 is 0. The third-order valence-electron chi connectivity index (χ3n) is 11.2. The van der Waals surface area contributed by atoms with E-state index in [1.807, 2.05) is 48.5 Å². The lowest BCUT2D eigenvalue weighted by molar-refractivity contribution is -0.00516. The molecule has 1 heterocycles. The van der Waals surface area contributed by atoms with Gasteiger partial charge in [-0.15, -0.1) is 0 Å². The van der Waals surface area contributed by atoms with Crippen molar-refractivity contribution < 1.29 is 0 Å². The summed E-state index contributed by atoms with van der Waals surface area (Å²) in [4.78, 5) is 15.3. The first-order valence-electron chi connectivity index (χ1n) is 17.3. The quantitative estimate of drug-likeness (QED) is 0.186. The summed E-state index contributed by atoms with van der Waals surface area (Å²) in [6.07, 6.45) is 8.16. The smallest absolute Gasteiger partial charge is 0.164 e. The molecule has 4 fully saturated rings. The summed E-state index contributed by atoms with van der Waals surface area (Å²) < 4.78 is 0. The van der Waals surface area contributed by atoms with Gasteiger partial charge in [-0.1, -0.05) is 109 Å². The van der Waals surface area contributed by atoms with E-state index in [1.165, 1.54) is 44.1 Å². The van der Waals surface area contributed by atoms with Crippen LogP contribution >= 0.6 is 0 Å². The van der Waals surface area contributed by atoms with Gasteiger partial charge in [0.1, 0.15) is 0 Å². The Morgan fingerprint density at radius 1 is 0.479 bits per heavy atom. The topological polar surface area (TPSA) is 62.5 Å². The van der Waals surface area contributed by atoms with E-state index in [0.717, 1.165) is 56.7 Å². The molecular formula is C44H36N4. The molecule has 10 rings (SSSR count). The zero-order valence-electron chi connectivity index (χ0n) is 26.9. The molecule has 0 N–H and O–H groups in total. The zero-order valence-corrected chi connectivity index (χ0v) is 26.9. The molecular weight excluding hydrogens is 585 g/mol. The molecule has 0 amide bonds. The van der Waals surface area contributed by atoms with Crippen molar-refractivity contribution in [1.29, 1.82) is 5.26 Å². The average Bonchev–Trinajstić information content (AvgIpc) is 3.14. The zero-order chi connectivity index (χ0) is 32.1. The summed E-state index contributed by atoms with van der Waals surface area (Å²) in [5.74, 6) is 4.57. The molecule has 4 heteroatoms. The first-order chi connectivity index (χ1) is 23.6. The average molecular weight is 621 g/mol. The van der Waals surface area contributed by atoms with Gasteiger partial charge in [-0.3, -0.25) is 0 Å². The van der Waals surface area contributed by atoms with E-state index >= 15 is 0 Å². The van der Waals surface area contributed by atoms with Gasteiger partial charge in [0.05, 0.1) is 11.6 Å². The van der Waals surface area contributed by atoms with Crippen molar-refractivity contribution in [2.75, 3.05) is 0 Å². The van der Waals surface area contributed by atoms with E-state index in [4.69, 9.17) is 15.0 Å². The Morgan fingerprint density at radius 3 is 1.56 bits per heavy atom. The molecule has 4 aliphatic rings. The molecule has 6 aromatic rings. The molecule has 232 valence electrons. The van der Waals surface area contributed by atoms with Gasteiger partial charge in [0.2, 0.25) is 0 Å². The molecule has 5 aromatic carbocycles. The second-order valence-corrected chi connectivity index (χ2v) is 14.2. The second kappa shape index (κ2) is 11.7. The molecule has 48 heavy (non-hydrogen) atoms. The van der Waals surface area contributed by atoms with Crippen LogP contribution in [0.3, 0.4) is 0 Å². The van der Waals surface area contributed by atoms with Crippen LogP contribution in [0, 0.1) is 29.1 Å². The number of rotatable bonds is 6. The summed E-state index contributed by atoms with van der Waals surface area (Å²) in [6, 6.07) is 46.4. The van der Waals surface area contributed by atoms with Gasteiger partial charge in [-0.2, -0.15) is 5.26 Å². The summed E-state index contributed by atoms with van der Waals surface area (Å²) in [6.45, 7) is 0. The Labute approximate surface area is 282 Å². The summed E-state index contributed by atoms with van der Waals surface area (Å²) in [7, 11) is 0. The third kappa shape index (κ3) is 5.11. The van der Waals surface area contributed by atoms with Crippen LogP contribution in [0.2, 0.25) is 0 Å². The third-order valence-corrected chi connectivity index (χ3v) is 11.2. The highest BCUT2D eigenvalue weighted by Crippen LogP contribution is 2.61. The van der Waals surface area contributed by atoms with Gasteiger partial charge in [0, 0.05) is 16.7 Å². The van der Waals surface area contributed by atoms with Crippen molar-refractivity contribution >= 4 is 0 Å². The first kappa shape index (κ1) is 28.8. The fraction of sp³-hybridized carbons (Fsp3) is 0.227. The van der Waals surface area contributed by atoms with Crippen LogP contribution in [0.1, 0.15) is 49.7 Å². The number of aromatic nitrogens is 3. The maximum absolute atomic E-state index is 9.48. The van der Waals surface area contributed by atoms with E-state index in [2.05, 4.69) is 84.9 Å². The van der Waals surface area contributed by atoms with Crippen molar-refractivity contribution in [3.05, 3.63) is 139 Å². The molecule has 1 aromatic heterocycles. The van der Waals surface area contributed by atoms with E-state index in [9.17, 15) is 5.26 Å². The first-order valence-corrected chi connectivity index (χ1v) is 17.3. The minimum Gasteiger partial charge on any atom is -0.208 e. The molecule has 0 unspecified atom stereocenters. The number of nitriles is 1. The van der Waals surface area contributed by atoms with Crippen LogP contribution < -0.4 is 0 Å². The van der Waals surface area contributed by atoms with E-state index in [0.29, 0.717) is 23.0 Å². The standard InChI is InChI=1S/C44H36N4/c45-28-29-15-17-33(18-16-29)37-13-7-8-14-38(37)40-24-36(44-25-30-21-31(26-44)23-32(22-30)27-44)19-20-39(40)43-47-41(34-9-3-1-4-10-34)46-42(48-43)35-11-5-2-6-12-35/h1-20,24,30-32H,21-23,25-27H2. The molecule has 4 nitrogen and oxygen atoms in total. The number of hydrogen-bond acceptors (Lipinski definition) is 4. The Kier molecular flexibility index (Phi) is 7.01. The van der Waals surface area contributed by atoms with Gasteiger partial charge in [-0.05, 0) is 108 Å². The largest absolute Gasteiger partial charge is 0.208 e. The van der Waals surface area contributed by atoms with Crippen molar-refractivity contribution in [2.45, 2.75) is 43.9 Å². The molecule has 0 aliphatic heterocycles. The SMILES string of the molecule is N#Cc1ccc(-c2ccccc2-c2cc(C34CC5CC(CC(C5)C3)C4)ccc2-c2nc(-c3ccccc3)nc(-c3ccccc3)n2)cc1.